The molecule has 3 aromatic heterocycles. The maximum atomic E-state index is 12.9. The molecule has 1 atom stereocenters. The van der Waals surface area contributed by atoms with Gasteiger partial charge in [0.25, 0.3) is 0 Å². The summed E-state index contributed by atoms with van der Waals surface area (Å²) in [4.78, 5) is 37.0. The Morgan fingerprint density at radius 2 is 2.00 bits per heavy atom. The maximum Gasteiger partial charge on any atom is 0.315 e. The topological polar surface area (TPSA) is 104 Å². The van der Waals surface area contributed by atoms with Gasteiger partial charge in [0, 0.05) is 23.2 Å². The molecule has 1 unspecified atom stereocenters. The highest BCUT2D eigenvalue weighted by Gasteiger charge is 2.36. The molecule has 8 nitrogen and oxygen atoms in total. The third kappa shape index (κ3) is 3.69. The van der Waals surface area contributed by atoms with Crippen LogP contribution in [-0.4, -0.2) is 43.4 Å². The molecule has 2 N–H and O–H groups in total. The molecule has 0 radical (unpaired) electrons. The highest BCUT2D eigenvalue weighted by atomic mass is 32.1. The number of carbonyl (C=O) groups is 2. The summed E-state index contributed by atoms with van der Waals surface area (Å²) in [6, 6.07) is -0.123. The fraction of sp³-hybridized carbons (Fsp3) is 0.421. The molecule has 0 bridgehead atoms. The molecular weight excluding hydrogens is 408 g/mol. The minimum Gasteiger partial charge on any atom is -0.327 e. The van der Waals surface area contributed by atoms with E-state index in [1.54, 1.807) is 16.2 Å². The van der Waals surface area contributed by atoms with Gasteiger partial charge >= 0.3 is 11.8 Å². The Bertz CT molecular complexity index is 1060. The van der Waals surface area contributed by atoms with E-state index in [2.05, 4.69) is 25.5 Å². The molecule has 3 aromatic rings. The SMILES string of the molecule is Cc1nc(C)c(-c2csc(NC(=O)C(=O)N3CCCC3c3c(C)n[nH]c3C)n2)s1. The van der Waals surface area contributed by atoms with Crippen molar-refractivity contribution in [2.75, 3.05) is 11.9 Å². The number of aromatic nitrogens is 4. The van der Waals surface area contributed by atoms with Crippen molar-refractivity contribution in [2.24, 2.45) is 0 Å². The molecule has 4 rings (SSSR count). The number of H-pyrrole nitrogens is 1. The summed E-state index contributed by atoms with van der Waals surface area (Å²) in [7, 11) is 0. The van der Waals surface area contributed by atoms with E-state index in [-0.39, 0.29) is 6.04 Å². The fourth-order valence-corrected chi connectivity index (χ4v) is 5.50. The molecule has 0 saturated carbocycles. The lowest BCUT2D eigenvalue weighted by Gasteiger charge is -2.24. The van der Waals surface area contributed by atoms with Crippen LogP contribution in [-0.2, 0) is 9.59 Å². The van der Waals surface area contributed by atoms with Gasteiger partial charge in [-0.25, -0.2) is 9.97 Å². The summed E-state index contributed by atoms with van der Waals surface area (Å²) in [5.74, 6) is -1.19. The molecule has 2 amide bonds. The van der Waals surface area contributed by atoms with Crippen LogP contribution in [0.1, 0.15) is 46.5 Å². The normalized spacial score (nSPS) is 16.4. The number of rotatable bonds is 3. The summed E-state index contributed by atoms with van der Waals surface area (Å²) in [5, 5.41) is 13.1. The molecule has 1 aliphatic rings. The van der Waals surface area contributed by atoms with Crippen LogP contribution in [0.2, 0.25) is 0 Å². The number of amides is 2. The second kappa shape index (κ2) is 7.68. The number of nitrogens with one attached hydrogen (secondary N) is 2. The standard InChI is InChI=1S/C19H22N6O2S2/c1-9-15(10(2)24-23-9)14-6-5-7-25(14)18(27)17(26)22-19-21-13(8-28-19)16-11(3)20-12(4)29-16/h8,14H,5-7H2,1-4H3,(H,23,24)(H,21,22,26). The van der Waals surface area contributed by atoms with E-state index in [9.17, 15) is 9.59 Å². The van der Waals surface area contributed by atoms with E-state index >= 15 is 0 Å². The van der Waals surface area contributed by atoms with Gasteiger partial charge in [0.1, 0.15) is 0 Å². The number of hydrogen-bond donors (Lipinski definition) is 2. The van der Waals surface area contributed by atoms with Gasteiger partial charge in [-0.05, 0) is 40.5 Å². The molecule has 4 heterocycles. The fourth-order valence-electron chi connectivity index (χ4n) is 3.85. The van der Waals surface area contributed by atoms with Crippen LogP contribution in [0.4, 0.5) is 5.13 Å². The van der Waals surface area contributed by atoms with Crippen LogP contribution < -0.4 is 5.32 Å². The molecule has 29 heavy (non-hydrogen) atoms. The van der Waals surface area contributed by atoms with Crippen molar-refractivity contribution in [3.05, 3.63) is 33.0 Å². The van der Waals surface area contributed by atoms with Crippen molar-refractivity contribution in [1.82, 2.24) is 25.1 Å². The van der Waals surface area contributed by atoms with E-state index in [0.29, 0.717) is 11.7 Å². The zero-order valence-electron chi connectivity index (χ0n) is 16.7. The first-order valence-electron chi connectivity index (χ1n) is 9.38. The monoisotopic (exact) mass is 430 g/mol. The maximum absolute atomic E-state index is 12.9. The van der Waals surface area contributed by atoms with Crippen LogP contribution in [0.5, 0.6) is 0 Å². The molecule has 0 spiro atoms. The van der Waals surface area contributed by atoms with Crippen molar-refractivity contribution in [3.63, 3.8) is 0 Å². The van der Waals surface area contributed by atoms with E-state index in [1.165, 1.54) is 11.3 Å². The predicted octanol–water partition coefficient (Wildman–Crippen LogP) is 3.53. The van der Waals surface area contributed by atoms with Crippen LogP contribution in [0.25, 0.3) is 10.6 Å². The third-order valence-corrected chi connectivity index (χ3v) is 6.94. The van der Waals surface area contributed by atoms with E-state index in [1.807, 2.05) is 33.1 Å². The van der Waals surface area contributed by atoms with Crippen LogP contribution in [0.3, 0.4) is 0 Å². The second-order valence-corrected chi connectivity index (χ2v) is 9.21. The predicted molar refractivity (Wildman–Crippen MR) is 113 cm³/mol. The molecule has 1 saturated heterocycles. The van der Waals surface area contributed by atoms with Crippen molar-refractivity contribution in [1.29, 1.82) is 0 Å². The smallest absolute Gasteiger partial charge is 0.315 e. The summed E-state index contributed by atoms with van der Waals surface area (Å²) in [5.41, 5.74) is 4.50. The third-order valence-electron chi connectivity index (χ3n) is 5.09. The van der Waals surface area contributed by atoms with Gasteiger partial charge in [-0.15, -0.1) is 22.7 Å². The van der Waals surface area contributed by atoms with Crippen molar-refractivity contribution in [3.8, 4) is 10.6 Å². The lowest BCUT2D eigenvalue weighted by atomic mass is 10.0. The minimum atomic E-state index is -0.659. The average Bonchev–Trinajstić information content (AvgIpc) is 3.43. The Kier molecular flexibility index (Phi) is 5.22. The van der Waals surface area contributed by atoms with Gasteiger partial charge in [0.15, 0.2) is 5.13 Å². The largest absolute Gasteiger partial charge is 0.327 e. The number of likely N-dealkylation sites (tertiary alicyclic amines) is 1. The van der Waals surface area contributed by atoms with Gasteiger partial charge in [-0.2, -0.15) is 5.10 Å². The van der Waals surface area contributed by atoms with Crippen molar-refractivity contribution < 1.29 is 9.59 Å². The zero-order chi connectivity index (χ0) is 20.7. The Labute approximate surface area is 176 Å². The zero-order valence-corrected chi connectivity index (χ0v) is 18.3. The first kappa shape index (κ1) is 19.7. The Balaban J connectivity index is 1.49. The molecule has 10 heteroatoms. The first-order valence-corrected chi connectivity index (χ1v) is 11.1. The molecular formula is C19H22N6O2S2. The number of anilines is 1. The van der Waals surface area contributed by atoms with Crippen molar-refractivity contribution >= 4 is 39.6 Å². The lowest BCUT2D eigenvalue weighted by molar-refractivity contribution is -0.143. The summed E-state index contributed by atoms with van der Waals surface area (Å²) >= 11 is 2.87. The molecule has 0 aromatic carbocycles. The lowest BCUT2D eigenvalue weighted by Crippen LogP contribution is -2.39. The molecule has 152 valence electrons. The van der Waals surface area contributed by atoms with Gasteiger partial charge in [-0.1, -0.05) is 0 Å². The van der Waals surface area contributed by atoms with E-state index < -0.39 is 11.8 Å². The Hall–Kier alpha value is -2.59. The van der Waals surface area contributed by atoms with Crippen LogP contribution in [0, 0.1) is 27.7 Å². The van der Waals surface area contributed by atoms with E-state index in [4.69, 9.17) is 0 Å². The number of hydrogen-bond acceptors (Lipinski definition) is 7. The summed E-state index contributed by atoms with van der Waals surface area (Å²) in [6.07, 6.45) is 1.69. The summed E-state index contributed by atoms with van der Waals surface area (Å²) in [6.45, 7) is 8.30. The van der Waals surface area contributed by atoms with Crippen LogP contribution in [0.15, 0.2) is 5.38 Å². The Morgan fingerprint density at radius 3 is 2.66 bits per heavy atom. The number of aromatic amines is 1. The number of nitrogens with zero attached hydrogens (tertiary/aromatic N) is 4. The van der Waals surface area contributed by atoms with Gasteiger partial charge in [0.2, 0.25) is 0 Å². The van der Waals surface area contributed by atoms with E-state index in [0.717, 1.165) is 51.1 Å². The number of aryl methyl sites for hydroxylation is 4. The van der Waals surface area contributed by atoms with Crippen LogP contribution >= 0.6 is 22.7 Å². The minimum absolute atomic E-state index is 0.123. The number of thiazole rings is 2. The summed E-state index contributed by atoms with van der Waals surface area (Å²) < 4.78 is 0. The molecule has 1 aliphatic heterocycles. The first-order chi connectivity index (χ1) is 13.8. The molecule has 0 aliphatic carbocycles. The highest BCUT2D eigenvalue weighted by Crippen LogP contribution is 2.35. The average molecular weight is 431 g/mol. The van der Waals surface area contributed by atoms with Gasteiger partial charge in [0.05, 0.1) is 33.0 Å². The Morgan fingerprint density at radius 1 is 1.21 bits per heavy atom. The molecule has 1 fully saturated rings. The second-order valence-electron chi connectivity index (χ2n) is 7.14. The van der Waals surface area contributed by atoms with Crippen molar-refractivity contribution in [2.45, 2.75) is 46.6 Å². The number of carbonyl (C=O) groups excluding carboxylic acids is 2. The van der Waals surface area contributed by atoms with Gasteiger partial charge < -0.3 is 4.90 Å². The van der Waals surface area contributed by atoms with Gasteiger partial charge in [-0.3, -0.25) is 20.0 Å². The highest BCUT2D eigenvalue weighted by molar-refractivity contribution is 7.17. The quantitative estimate of drug-likeness (QED) is 0.619.